The number of nitrogens with zero attached hydrogens (tertiary/aromatic N) is 2. The van der Waals surface area contributed by atoms with Crippen LogP contribution in [0, 0.1) is 0 Å². The van der Waals surface area contributed by atoms with Crippen molar-refractivity contribution in [2.24, 2.45) is 0 Å². The molecular formula is C12H12N2O2S. The highest BCUT2D eigenvalue weighted by Gasteiger charge is 2.09. The lowest BCUT2D eigenvalue weighted by molar-refractivity contribution is -0.110. The second-order valence-electron chi connectivity index (χ2n) is 3.56. The van der Waals surface area contributed by atoms with E-state index in [0.29, 0.717) is 24.4 Å². The number of aromatic nitrogens is 2. The van der Waals surface area contributed by atoms with Gasteiger partial charge in [0, 0.05) is 12.8 Å². The maximum absolute atomic E-state index is 10.9. The smallest absolute Gasteiger partial charge is 0.235 e. The molecule has 0 saturated carbocycles. The van der Waals surface area contributed by atoms with E-state index in [4.69, 9.17) is 4.74 Å². The van der Waals surface area contributed by atoms with Gasteiger partial charge in [0.25, 0.3) is 0 Å². The molecule has 17 heavy (non-hydrogen) atoms. The molecule has 0 saturated heterocycles. The molecule has 0 bridgehead atoms. The number of hydrogen-bond donors (Lipinski definition) is 1. The third kappa shape index (κ3) is 2.74. The lowest BCUT2D eigenvalue weighted by atomic mass is 10.2. The zero-order valence-electron chi connectivity index (χ0n) is 9.38. The molecule has 1 aromatic heterocycles. The molecule has 4 nitrogen and oxygen atoms in total. The predicted octanol–water partition coefficient (Wildman–Crippen LogP) is 2.03. The highest BCUT2D eigenvalue weighted by molar-refractivity contribution is 7.96. The van der Waals surface area contributed by atoms with Crippen LogP contribution in [-0.2, 0) is 11.2 Å². The van der Waals surface area contributed by atoms with Gasteiger partial charge in [0.05, 0.1) is 18.1 Å². The molecule has 88 valence electrons. The first-order chi connectivity index (χ1) is 8.20. The zero-order valence-corrected chi connectivity index (χ0v) is 10.3. The molecule has 0 spiro atoms. The minimum absolute atomic E-state index is 0.165. The summed E-state index contributed by atoms with van der Waals surface area (Å²) in [6.07, 6.45) is 0.815. The van der Waals surface area contributed by atoms with Crippen LogP contribution in [0.3, 0.4) is 0 Å². The molecule has 0 aliphatic rings. The molecule has 0 aliphatic heterocycles. The summed E-state index contributed by atoms with van der Waals surface area (Å²) in [6.45, 7) is 0. The van der Waals surface area contributed by atoms with E-state index in [1.807, 2.05) is 24.3 Å². The largest absolute Gasteiger partial charge is 0.480 e. The van der Waals surface area contributed by atoms with Crippen LogP contribution in [0.25, 0.3) is 11.0 Å². The van der Waals surface area contributed by atoms with Crippen LogP contribution in [0.15, 0.2) is 24.3 Å². The Morgan fingerprint density at radius 1 is 1.29 bits per heavy atom. The number of para-hydroxylation sites is 2. The van der Waals surface area contributed by atoms with Crippen molar-refractivity contribution in [1.29, 1.82) is 0 Å². The monoisotopic (exact) mass is 248 g/mol. The summed E-state index contributed by atoms with van der Waals surface area (Å²) in [6, 6.07) is 7.55. The van der Waals surface area contributed by atoms with Crippen LogP contribution in [0.1, 0.15) is 12.1 Å². The molecule has 5 heteroatoms. The van der Waals surface area contributed by atoms with Crippen molar-refractivity contribution in [3.63, 3.8) is 0 Å². The summed E-state index contributed by atoms with van der Waals surface area (Å²) in [7, 11) is 1.55. The van der Waals surface area contributed by atoms with Crippen LogP contribution in [0.2, 0.25) is 0 Å². The van der Waals surface area contributed by atoms with Crippen molar-refractivity contribution in [2.45, 2.75) is 12.8 Å². The van der Waals surface area contributed by atoms with E-state index < -0.39 is 0 Å². The Hall–Kier alpha value is -1.62. The Bertz CT molecular complexity index is 557. The second-order valence-corrected chi connectivity index (χ2v) is 4.06. The minimum atomic E-state index is -0.165. The summed E-state index contributed by atoms with van der Waals surface area (Å²) in [5, 5.41) is -0.165. The van der Waals surface area contributed by atoms with Crippen molar-refractivity contribution >= 4 is 28.8 Å². The zero-order chi connectivity index (χ0) is 12.3. The number of thiol groups is 1. The second kappa shape index (κ2) is 5.14. The van der Waals surface area contributed by atoms with Gasteiger partial charge in [-0.1, -0.05) is 12.1 Å². The van der Waals surface area contributed by atoms with E-state index in [1.54, 1.807) is 7.11 Å². The van der Waals surface area contributed by atoms with Gasteiger partial charge in [0.2, 0.25) is 5.88 Å². The average molecular weight is 248 g/mol. The van der Waals surface area contributed by atoms with Gasteiger partial charge in [-0.05, 0) is 12.1 Å². The quantitative estimate of drug-likeness (QED) is 0.841. The predicted molar refractivity (Wildman–Crippen MR) is 68.4 cm³/mol. The average Bonchev–Trinajstić information content (AvgIpc) is 2.35. The highest BCUT2D eigenvalue weighted by Crippen LogP contribution is 2.19. The summed E-state index contributed by atoms with van der Waals surface area (Å²) >= 11 is 3.74. The van der Waals surface area contributed by atoms with Crippen molar-refractivity contribution in [2.75, 3.05) is 7.11 Å². The molecule has 0 fully saturated rings. The summed E-state index contributed by atoms with van der Waals surface area (Å²) in [5.74, 6) is 0.471. The topological polar surface area (TPSA) is 52.1 Å². The standard InChI is InChI=1S/C12H12N2O2S/c1-16-12-10(6-7-11(15)17)13-8-4-2-3-5-9(8)14-12/h2-5H,6-7H2,1H3,(H,15,17). The van der Waals surface area contributed by atoms with E-state index >= 15 is 0 Å². The van der Waals surface area contributed by atoms with Crippen molar-refractivity contribution in [3.8, 4) is 5.88 Å². The van der Waals surface area contributed by atoms with Crippen LogP contribution >= 0.6 is 12.6 Å². The maximum atomic E-state index is 10.9. The van der Waals surface area contributed by atoms with E-state index in [2.05, 4.69) is 22.6 Å². The molecule has 0 amide bonds. The van der Waals surface area contributed by atoms with Crippen LogP contribution in [-0.4, -0.2) is 22.2 Å². The highest BCUT2D eigenvalue weighted by atomic mass is 32.1. The molecule has 0 unspecified atom stereocenters. The molecule has 0 N–H and O–H groups in total. The van der Waals surface area contributed by atoms with Gasteiger partial charge in [-0.15, -0.1) is 12.6 Å². The van der Waals surface area contributed by atoms with Gasteiger partial charge in [0.1, 0.15) is 5.69 Å². The first kappa shape index (κ1) is 11.9. The minimum Gasteiger partial charge on any atom is -0.480 e. The lowest BCUT2D eigenvalue weighted by Gasteiger charge is -2.07. The van der Waals surface area contributed by atoms with Gasteiger partial charge in [-0.3, -0.25) is 4.79 Å². The molecule has 2 rings (SSSR count). The first-order valence-corrected chi connectivity index (χ1v) is 5.67. The number of hydrogen-bond acceptors (Lipinski definition) is 4. The van der Waals surface area contributed by atoms with Gasteiger partial charge < -0.3 is 4.74 Å². The molecule has 2 aromatic rings. The van der Waals surface area contributed by atoms with Gasteiger partial charge in [-0.2, -0.15) is 0 Å². The first-order valence-electron chi connectivity index (χ1n) is 5.22. The van der Waals surface area contributed by atoms with E-state index in [-0.39, 0.29) is 5.12 Å². The molecule has 0 aliphatic carbocycles. The number of fused-ring (bicyclic) bond motifs is 1. The van der Waals surface area contributed by atoms with Crippen LogP contribution in [0.5, 0.6) is 5.88 Å². The van der Waals surface area contributed by atoms with Crippen molar-refractivity contribution in [3.05, 3.63) is 30.0 Å². The fraction of sp³-hybridized carbons (Fsp3) is 0.250. The fourth-order valence-corrected chi connectivity index (χ4v) is 1.68. The van der Waals surface area contributed by atoms with E-state index in [1.165, 1.54) is 0 Å². The number of carbonyl (C=O) groups excluding carboxylic acids is 1. The number of carbonyl (C=O) groups is 1. The third-order valence-corrected chi connectivity index (χ3v) is 2.60. The van der Waals surface area contributed by atoms with Crippen LogP contribution < -0.4 is 4.74 Å². The summed E-state index contributed by atoms with van der Waals surface area (Å²) < 4.78 is 5.18. The van der Waals surface area contributed by atoms with Crippen molar-refractivity contribution < 1.29 is 9.53 Å². The molecule has 1 heterocycles. The normalized spacial score (nSPS) is 10.5. The van der Waals surface area contributed by atoms with Gasteiger partial charge in [-0.25, -0.2) is 9.97 Å². The van der Waals surface area contributed by atoms with Crippen LogP contribution in [0.4, 0.5) is 0 Å². The lowest BCUT2D eigenvalue weighted by Crippen LogP contribution is -2.01. The number of rotatable bonds is 4. The molecule has 0 radical (unpaired) electrons. The number of aryl methyl sites for hydroxylation is 1. The Morgan fingerprint density at radius 2 is 1.94 bits per heavy atom. The fourth-order valence-electron chi connectivity index (χ4n) is 1.57. The molecule has 1 aromatic carbocycles. The SMILES string of the molecule is COc1nc2ccccc2nc1CCC(=O)S. The van der Waals surface area contributed by atoms with Gasteiger partial charge in [0.15, 0.2) is 5.12 Å². The molecular weight excluding hydrogens is 236 g/mol. The van der Waals surface area contributed by atoms with Crippen molar-refractivity contribution in [1.82, 2.24) is 9.97 Å². The Morgan fingerprint density at radius 3 is 2.53 bits per heavy atom. The Kier molecular flexibility index (Phi) is 3.58. The summed E-state index contributed by atoms with van der Waals surface area (Å²) in [4.78, 5) is 19.7. The number of benzene rings is 1. The summed E-state index contributed by atoms with van der Waals surface area (Å²) in [5.41, 5.74) is 2.27. The third-order valence-electron chi connectivity index (χ3n) is 2.38. The number of ether oxygens (including phenoxy) is 1. The van der Waals surface area contributed by atoms with Gasteiger partial charge >= 0.3 is 0 Å². The Balaban J connectivity index is 2.41. The van der Waals surface area contributed by atoms with E-state index in [0.717, 1.165) is 11.0 Å². The molecule has 0 atom stereocenters. The Labute approximate surface area is 104 Å². The van der Waals surface area contributed by atoms with E-state index in [9.17, 15) is 4.79 Å². The maximum Gasteiger partial charge on any atom is 0.235 e. The number of methoxy groups -OCH3 is 1.